The van der Waals surface area contributed by atoms with Crippen molar-refractivity contribution < 1.29 is 9.42 Å². The van der Waals surface area contributed by atoms with Gasteiger partial charge in [0, 0.05) is 26.3 Å². The fraction of sp³-hybridized carbons (Fsp3) is 0.400. The molecule has 4 rings (SSSR count). The summed E-state index contributed by atoms with van der Waals surface area (Å²) in [6, 6.07) is 7.78. The van der Waals surface area contributed by atoms with E-state index in [1.165, 1.54) is 11.1 Å². The topological polar surface area (TPSA) is 144 Å². The highest BCUT2D eigenvalue weighted by atomic mass is 16.6. The number of hydrogen-bond donors (Lipinski definition) is 2. The number of piperidine rings is 1. The molecule has 0 aliphatic carbocycles. The third-order valence-electron chi connectivity index (χ3n) is 5.26. The van der Waals surface area contributed by atoms with Gasteiger partial charge in [-0.2, -0.15) is 9.78 Å². The van der Waals surface area contributed by atoms with Crippen LogP contribution >= 0.6 is 0 Å². The average molecular weight is 438 g/mol. The normalized spacial score (nSPS) is 14.7. The monoisotopic (exact) mass is 438 g/mol. The molecule has 0 bridgehead atoms. The molecule has 0 radical (unpaired) electrons. The van der Waals surface area contributed by atoms with E-state index in [9.17, 15) is 4.79 Å². The fourth-order valence-electron chi connectivity index (χ4n) is 3.54. The zero-order valence-corrected chi connectivity index (χ0v) is 18.1. The molecular weight excluding hydrogens is 412 g/mol. The van der Waals surface area contributed by atoms with E-state index in [4.69, 9.17) is 5.73 Å². The van der Waals surface area contributed by atoms with E-state index in [0.717, 1.165) is 37.2 Å². The number of rotatable bonds is 7. The molecule has 1 amide bonds. The van der Waals surface area contributed by atoms with Crippen LogP contribution in [0.1, 0.15) is 41.0 Å². The van der Waals surface area contributed by atoms with Crippen molar-refractivity contribution in [3.8, 4) is 5.82 Å². The molecule has 1 aliphatic heterocycles. The van der Waals surface area contributed by atoms with Gasteiger partial charge in [-0.25, -0.2) is 10.1 Å². The van der Waals surface area contributed by atoms with Gasteiger partial charge in [-0.05, 0) is 53.9 Å². The van der Waals surface area contributed by atoms with E-state index >= 15 is 0 Å². The number of amides is 1. The molecule has 0 saturated carbocycles. The number of anilines is 2. The van der Waals surface area contributed by atoms with Crippen LogP contribution in [-0.4, -0.2) is 69.5 Å². The molecular formula is C20H26N10O2. The van der Waals surface area contributed by atoms with Crippen molar-refractivity contribution in [2.75, 3.05) is 37.8 Å². The lowest BCUT2D eigenvalue weighted by atomic mass is 10.1. The van der Waals surface area contributed by atoms with Gasteiger partial charge >= 0.3 is 0 Å². The fourth-order valence-corrected chi connectivity index (χ4v) is 3.54. The van der Waals surface area contributed by atoms with Crippen molar-refractivity contribution in [1.82, 2.24) is 35.6 Å². The molecule has 12 heteroatoms. The molecule has 32 heavy (non-hydrogen) atoms. The number of likely N-dealkylation sites (tertiary alicyclic amines) is 1. The number of nitrogens with two attached hydrogens (primary N) is 1. The van der Waals surface area contributed by atoms with Gasteiger partial charge in [-0.3, -0.25) is 9.69 Å². The first-order valence-electron chi connectivity index (χ1n) is 10.4. The number of benzene rings is 1. The van der Waals surface area contributed by atoms with Crippen molar-refractivity contribution in [2.24, 2.45) is 5.10 Å². The van der Waals surface area contributed by atoms with Crippen LogP contribution in [0.2, 0.25) is 0 Å². The van der Waals surface area contributed by atoms with E-state index in [1.807, 2.05) is 43.3 Å². The highest BCUT2D eigenvalue weighted by Crippen LogP contribution is 2.19. The van der Waals surface area contributed by atoms with Crippen LogP contribution < -0.4 is 16.1 Å². The first-order valence-corrected chi connectivity index (χ1v) is 10.4. The Morgan fingerprint density at radius 1 is 1.22 bits per heavy atom. The predicted molar refractivity (Wildman–Crippen MR) is 119 cm³/mol. The van der Waals surface area contributed by atoms with Gasteiger partial charge in [0.1, 0.15) is 5.69 Å². The van der Waals surface area contributed by atoms with Crippen LogP contribution in [0.25, 0.3) is 5.82 Å². The van der Waals surface area contributed by atoms with Crippen LogP contribution in [0.5, 0.6) is 0 Å². The SMILES string of the molecule is CN(C)c1ccc(/C=N/NC(=O)c2c(CN3CCCCC3)nnn2-c2nonc2N)cc1. The van der Waals surface area contributed by atoms with Gasteiger partial charge in [0.25, 0.3) is 5.91 Å². The summed E-state index contributed by atoms with van der Waals surface area (Å²) < 4.78 is 5.91. The maximum atomic E-state index is 13.1. The lowest BCUT2D eigenvalue weighted by Gasteiger charge is -2.25. The minimum Gasteiger partial charge on any atom is -0.378 e. The maximum Gasteiger partial charge on any atom is 0.292 e. The summed E-state index contributed by atoms with van der Waals surface area (Å²) in [5.74, 6) is -0.362. The molecule has 12 nitrogen and oxygen atoms in total. The lowest BCUT2D eigenvalue weighted by Crippen LogP contribution is -2.31. The van der Waals surface area contributed by atoms with Gasteiger partial charge in [0.05, 0.1) is 6.21 Å². The van der Waals surface area contributed by atoms with Crippen molar-refractivity contribution in [1.29, 1.82) is 0 Å². The van der Waals surface area contributed by atoms with Crippen LogP contribution in [0.15, 0.2) is 34.0 Å². The molecule has 3 aromatic rings. The highest BCUT2D eigenvalue weighted by molar-refractivity contribution is 5.95. The number of hydrogen-bond acceptors (Lipinski definition) is 10. The molecule has 3 N–H and O–H groups in total. The Morgan fingerprint density at radius 2 is 1.97 bits per heavy atom. The van der Waals surface area contributed by atoms with Gasteiger partial charge < -0.3 is 10.6 Å². The van der Waals surface area contributed by atoms with Gasteiger partial charge in [0.2, 0.25) is 11.6 Å². The first kappa shape index (κ1) is 21.4. The molecule has 0 spiro atoms. The minimum absolute atomic E-state index is 0.0120. The predicted octanol–water partition coefficient (Wildman–Crippen LogP) is 1.05. The Labute approximate surface area is 185 Å². The van der Waals surface area contributed by atoms with E-state index in [1.54, 1.807) is 6.21 Å². The number of carbonyl (C=O) groups excluding carboxylic acids is 1. The highest BCUT2D eigenvalue weighted by Gasteiger charge is 2.26. The largest absolute Gasteiger partial charge is 0.378 e. The Morgan fingerprint density at radius 3 is 2.62 bits per heavy atom. The lowest BCUT2D eigenvalue weighted by molar-refractivity contribution is 0.0944. The smallest absolute Gasteiger partial charge is 0.292 e. The minimum atomic E-state index is -0.481. The van der Waals surface area contributed by atoms with E-state index in [0.29, 0.717) is 12.2 Å². The van der Waals surface area contributed by atoms with Crippen molar-refractivity contribution >= 4 is 23.6 Å². The molecule has 3 heterocycles. The summed E-state index contributed by atoms with van der Waals surface area (Å²) in [5, 5.41) is 19.7. The number of nitrogen functional groups attached to an aromatic ring is 1. The molecule has 168 valence electrons. The van der Waals surface area contributed by atoms with E-state index < -0.39 is 5.91 Å². The summed E-state index contributed by atoms with van der Waals surface area (Å²) in [6.07, 6.45) is 5.02. The van der Waals surface area contributed by atoms with Crippen LogP contribution in [0.4, 0.5) is 11.5 Å². The number of aromatic nitrogens is 5. The number of carbonyl (C=O) groups is 1. The molecule has 0 unspecified atom stereocenters. The molecule has 1 fully saturated rings. The zero-order chi connectivity index (χ0) is 22.5. The van der Waals surface area contributed by atoms with E-state index in [-0.39, 0.29) is 17.3 Å². The van der Waals surface area contributed by atoms with Crippen LogP contribution in [0.3, 0.4) is 0 Å². The first-order chi connectivity index (χ1) is 15.5. The molecule has 1 aromatic carbocycles. The van der Waals surface area contributed by atoms with Crippen molar-refractivity contribution in [3.05, 3.63) is 41.2 Å². The Hall–Kier alpha value is -3.80. The second kappa shape index (κ2) is 9.56. The van der Waals surface area contributed by atoms with Gasteiger partial charge in [-0.1, -0.05) is 23.8 Å². The third-order valence-corrected chi connectivity index (χ3v) is 5.26. The molecule has 1 saturated heterocycles. The standard InChI is InChI=1S/C20H26N10O2/c1-28(2)15-8-6-14(7-9-15)12-22-24-20(31)17-16(13-29-10-4-3-5-11-29)23-27-30(17)19-18(21)25-32-26-19/h6-9,12H,3-5,10-11,13H2,1-2H3,(H2,21,25)(H,24,31)/b22-12+. The van der Waals surface area contributed by atoms with Crippen LogP contribution in [-0.2, 0) is 6.54 Å². The summed E-state index contributed by atoms with van der Waals surface area (Å²) >= 11 is 0. The van der Waals surface area contributed by atoms with Crippen LogP contribution in [0, 0.1) is 0 Å². The number of hydrazone groups is 1. The second-order valence-electron chi connectivity index (χ2n) is 7.79. The van der Waals surface area contributed by atoms with Gasteiger partial charge in [0.15, 0.2) is 5.69 Å². The number of nitrogens with zero attached hydrogens (tertiary/aromatic N) is 8. The Bertz CT molecular complexity index is 1080. The Balaban J connectivity index is 1.54. The van der Waals surface area contributed by atoms with Gasteiger partial charge in [-0.15, -0.1) is 5.10 Å². The van der Waals surface area contributed by atoms with Crippen molar-refractivity contribution in [2.45, 2.75) is 25.8 Å². The van der Waals surface area contributed by atoms with E-state index in [2.05, 4.69) is 40.7 Å². The zero-order valence-electron chi connectivity index (χ0n) is 18.1. The molecule has 1 aliphatic rings. The second-order valence-corrected chi connectivity index (χ2v) is 7.79. The molecule has 0 atom stereocenters. The average Bonchev–Trinajstić information content (AvgIpc) is 3.40. The summed E-state index contributed by atoms with van der Waals surface area (Å²) in [7, 11) is 3.94. The molecule has 2 aromatic heterocycles. The summed E-state index contributed by atoms with van der Waals surface area (Å²) in [6.45, 7) is 2.38. The summed E-state index contributed by atoms with van der Waals surface area (Å²) in [4.78, 5) is 17.3. The quantitative estimate of drug-likeness (QED) is 0.408. The summed E-state index contributed by atoms with van der Waals surface area (Å²) in [5.41, 5.74) is 11.0. The van der Waals surface area contributed by atoms with Crippen molar-refractivity contribution in [3.63, 3.8) is 0 Å². The third kappa shape index (κ3) is 4.75. The number of nitrogens with one attached hydrogen (secondary N) is 1. The Kier molecular flexibility index (Phi) is 6.40. The maximum absolute atomic E-state index is 13.1.